The van der Waals surface area contributed by atoms with Crippen LogP contribution in [0, 0.1) is 5.82 Å². The molecule has 5 nitrogen and oxygen atoms in total. The van der Waals surface area contributed by atoms with Crippen LogP contribution in [-0.4, -0.2) is 19.8 Å². The van der Waals surface area contributed by atoms with Gasteiger partial charge in [0.2, 0.25) is 10.0 Å². The molecule has 31 heavy (non-hydrogen) atoms. The summed E-state index contributed by atoms with van der Waals surface area (Å²) >= 11 is 5.38. The first kappa shape index (κ1) is 24.8. The van der Waals surface area contributed by atoms with E-state index in [-0.39, 0.29) is 17.1 Å². The van der Waals surface area contributed by atoms with Gasteiger partial charge in [-0.25, -0.2) is 12.8 Å². The highest BCUT2D eigenvalue weighted by atomic mass is 32.2. The molecule has 0 fully saturated rings. The van der Waals surface area contributed by atoms with Gasteiger partial charge in [0.15, 0.2) is 5.11 Å². The SMILES string of the molecule is C=Cc1cc([C@@H](C)NC(=S)NCc2ccc(C(C)(C)C)cc2)cc(F)c1NS(C)(=O)=O. The molecule has 2 rings (SSSR count). The third kappa shape index (κ3) is 7.33. The average molecular weight is 464 g/mol. The Kier molecular flexibility index (Phi) is 7.83. The van der Waals surface area contributed by atoms with Crippen LogP contribution in [0.2, 0.25) is 0 Å². The normalized spacial score (nSPS) is 12.7. The highest BCUT2D eigenvalue weighted by Gasteiger charge is 2.17. The largest absolute Gasteiger partial charge is 0.359 e. The lowest BCUT2D eigenvalue weighted by Gasteiger charge is -2.20. The number of hydrogen-bond acceptors (Lipinski definition) is 3. The molecule has 0 aromatic heterocycles. The lowest BCUT2D eigenvalue weighted by atomic mass is 9.87. The smallest absolute Gasteiger partial charge is 0.229 e. The molecular weight excluding hydrogens is 433 g/mol. The first-order valence-corrected chi connectivity index (χ1v) is 12.2. The standard InChI is InChI=1S/C23H30FN3O2S2/c1-7-17-12-18(13-20(24)21(17)27-31(6,28)29)15(2)26-22(30)25-14-16-8-10-19(11-9-16)23(3,4)5/h7-13,15,27H,1,14H2,2-6H3,(H2,25,26,30)/t15-/m1/s1. The number of rotatable bonds is 7. The van der Waals surface area contributed by atoms with Crippen molar-refractivity contribution in [3.05, 3.63) is 71.0 Å². The monoisotopic (exact) mass is 463 g/mol. The summed E-state index contributed by atoms with van der Waals surface area (Å²) in [5.74, 6) is -0.677. The third-order valence-corrected chi connectivity index (χ3v) is 5.61. The highest BCUT2D eigenvalue weighted by molar-refractivity contribution is 7.92. The summed E-state index contributed by atoms with van der Waals surface area (Å²) < 4.78 is 39.7. The van der Waals surface area contributed by atoms with Crippen LogP contribution in [0.25, 0.3) is 6.08 Å². The van der Waals surface area contributed by atoms with E-state index in [0.717, 1.165) is 11.8 Å². The van der Waals surface area contributed by atoms with Gasteiger partial charge < -0.3 is 10.6 Å². The van der Waals surface area contributed by atoms with E-state index < -0.39 is 15.8 Å². The van der Waals surface area contributed by atoms with E-state index in [4.69, 9.17) is 12.2 Å². The van der Waals surface area contributed by atoms with E-state index in [1.165, 1.54) is 17.7 Å². The van der Waals surface area contributed by atoms with Crippen molar-refractivity contribution in [2.24, 2.45) is 0 Å². The van der Waals surface area contributed by atoms with Gasteiger partial charge in [0.05, 0.1) is 18.0 Å². The molecule has 168 valence electrons. The second kappa shape index (κ2) is 9.78. The predicted octanol–water partition coefficient (Wildman–Crippen LogP) is 4.86. The summed E-state index contributed by atoms with van der Waals surface area (Å²) in [7, 11) is -3.61. The summed E-state index contributed by atoms with van der Waals surface area (Å²) in [5.41, 5.74) is 3.31. The van der Waals surface area contributed by atoms with Gasteiger partial charge in [-0.05, 0) is 53.4 Å². The third-order valence-electron chi connectivity index (χ3n) is 4.77. The molecule has 0 aliphatic heterocycles. The molecule has 2 aromatic carbocycles. The van der Waals surface area contributed by atoms with Crippen molar-refractivity contribution in [3.63, 3.8) is 0 Å². The van der Waals surface area contributed by atoms with Crippen molar-refractivity contribution >= 4 is 39.1 Å². The van der Waals surface area contributed by atoms with Gasteiger partial charge >= 0.3 is 0 Å². The Morgan fingerprint density at radius 1 is 1.23 bits per heavy atom. The first-order valence-electron chi connectivity index (χ1n) is 9.87. The molecule has 0 saturated carbocycles. The van der Waals surface area contributed by atoms with E-state index in [1.54, 1.807) is 6.07 Å². The Labute approximate surface area is 190 Å². The van der Waals surface area contributed by atoms with Crippen LogP contribution in [-0.2, 0) is 22.0 Å². The Morgan fingerprint density at radius 2 is 1.84 bits per heavy atom. The maximum absolute atomic E-state index is 14.6. The molecule has 0 bridgehead atoms. The summed E-state index contributed by atoms with van der Waals surface area (Å²) in [6.45, 7) is 12.6. The van der Waals surface area contributed by atoms with Gasteiger partial charge in [-0.1, -0.05) is 57.7 Å². The van der Waals surface area contributed by atoms with Crippen LogP contribution < -0.4 is 15.4 Å². The molecule has 8 heteroatoms. The topological polar surface area (TPSA) is 70.2 Å². The number of benzene rings is 2. The van der Waals surface area contributed by atoms with Crippen molar-refractivity contribution in [1.82, 2.24) is 10.6 Å². The van der Waals surface area contributed by atoms with E-state index in [9.17, 15) is 12.8 Å². The molecule has 0 heterocycles. The molecule has 0 radical (unpaired) electrons. The fraction of sp³-hybridized carbons (Fsp3) is 0.348. The fourth-order valence-electron chi connectivity index (χ4n) is 2.99. The summed E-state index contributed by atoms with van der Waals surface area (Å²) in [6.07, 6.45) is 2.38. The lowest BCUT2D eigenvalue weighted by molar-refractivity contribution is 0.590. The maximum Gasteiger partial charge on any atom is 0.229 e. The van der Waals surface area contributed by atoms with E-state index >= 15 is 0 Å². The lowest BCUT2D eigenvalue weighted by Crippen LogP contribution is -2.36. The molecule has 0 amide bonds. The van der Waals surface area contributed by atoms with Gasteiger partial charge in [-0.2, -0.15) is 0 Å². The second-order valence-electron chi connectivity index (χ2n) is 8.54. The van der Waals surface area contributed by atoms with Gasteiger partial charge in [0.25, 0.3) is 0 Å². The zero-order chi connectivity index (χ0) is 23.4. The van der Waals surface area contributed by atoms with Gasteiger partial charge in [-0.3, -0.25) is 4.72 Å². The number of sulfonamides is 1. The fourth-order valence-corrected chi connectivity index (χ4v) is 3.82. The molecule has 1 atom stereocenters. The van der Waals surface area contributed by atoms with Crippen LogP contribution in [0.4, 0.5) is 10.1 Å². The zero-order valence-corrected chi connectivity index (χ0v) is 20.2. The quantitative estimate of drug-likeness (QED) is 0.512. The molecular formula is C23H30FN3O2S2. The average Bonchev–Trinajstić information content (AvgIpc) is 2.66. The minimum absolute atomic E-state index is 0.101. The zero-order valence-electron chi connectivity index (χ0n) is 18.5. The predicted molar refractivity (Wildman–Crippen MR) is 131 cm³/mol. The van der Waals surface area contributed by atoms with Crippen molar-refractivity contribution in [2.45, 2.75) is 45.7 Å². The highest BCUT2D eigenvalue weighted by Crippen LogP contribution is 2.27. The van der Waals surface area contributed by atoms with Crippen LogP contribution in [0.5, 0.6) is 0 Å². The van der Waals surface area contributed by atoms with Crippen molar-refractivity contribution in [2.75, 3.05) is 11.0 Å². The second-order valence-corrected chi connectivity index (χ2v) is 10.7. The Morgan fingerprint density at radius 3 is 2.35 bits per heavy atom. The van der Waals surface area contributed by atoms with Crippen LogP contribution in [0.15, 0.2) is 43.0 Å². The minimum atomic E-state index is -3.61. The molecule has 0 saturated heterocycles. The molecule has 3 N–H and O–H groups in total. The Bertz CT molecular complexity index is 1060. The van der Waals surface area contributed by atoms with Crippen LogP contribution in [0.1, 0.15) is 56.0 Å². The first-order chi connectivity index (χ1) is 14.3. The van der Waals surface area contributed by atoms with E-state index in [1.807, 2.05) is 6.92 Å². The van der Waals surface area contributed by atoms with Crippen LogP contribution >= 0.6 is 12.2 Å². The van der Waals surface area contributed by atoms with E-state index in [0.29, 0.717) is 22.8 Å². The van der Waals surface area contributed by atoms with Crippen molar-refractivity contribution in [1.29, 1.82) is 0 Å². The van der Waals surface area contributed by atoms with Crippen molar-refractivity contribution in [3.8, 4) is 0 Å². The molecule has 0 unspecified atom stereocenters. The van der Waals surface area contributed by atoms with Gasteiger partial charge in [0.1, 0.15) is 5.82 Å². The molecule has 0 aliphatic rings. The Hall–Kier alpha value is -2.45. The number of nitrogens with one attached hydrogen (secondary N) is 3. The number of hydrogen-bond donors (Lipinski definition) is 3. The number of thiocarbonyl (C=S) groups is 1. The number of halogens is 1. The summed E-state index contributed by atoms with van der Waals surface area (Å²) in [5, 5.41) is 6.72. The summed E-state index contributed by atoms with van der Waals surface area (Å²) in [4.78, 5) is 0. The maximum atomic E-state index is 14.6. The Balaban J connectivity index is 2.04. The van der Waals surface area contributed by atoms with E-state index in [2.05, 4.69) is 67.0 Å². The minimum Gasteiger partial charge on any atom is -0.359 e. The van der Waals surface area contributed by atoms with Crippen LogP contribution in [0.3, 0.4) is 0 Å². The molecule has 0 spiro atoms. The molecule has 0 aliphatic carbocycles. The number of anilines is 1. The molecule has 2 aromatic rings. The van der Waals surface area contributed by atoms with Crippen molar-refractivity contribution < 1.29 is 12.8 Å². The van der Waals surface area contributed by atoms with Gasteiger partial charge in [0, 0.05) is 12.1 Å². The van der Waals surface area contributed by atoms with Gasteiger partial charge in [-0.15, -0.1) is 0 Å². The summed E-state index contributed by atoms with van der Waals surface area (Å²) in [6, 6.07) is 11.0.